The lowest BCUT2D eigenvalue weighted by Gasteiger charge is -2.35. The van der Waals surface area contributed by atoms with E-state index in [1.807, 2.05) is 35.2 Å². The molecule has 2 heterocycles. The van der Waals surface area contributed by atoms with Crippen LogP contribution < -0.4 is 14.4 Å². The minimum atomic E-state index is -4.41. The van der Waals surface area contributed by atoms with E-state index in [4.69, 9.17) is 9.47 Å². The normalized spacial score (nSPS) is 14.1. The average Bonchev–Trinajstić information content (AvgIpc) is 2.87. The fraction of sp³-hybridized carbons (Fsp3) is 0.280. The smallest absolute Gasteiger partial charge is 0.417 e. The Morgan fingerprint density at radius 3 is 2.09 bits per heavy atom. The molecule has 3 aromatic rings. The van der Waals surface area contributed by atoms with Crippen LogP contribution in [0.4, 0.5) is 19.0 Å². The molecule has 1 aromatic heterocycles. The first-order chi connectivity index (χ1) is 16.4. The fourth-order valence-electron chi connectivity index (χ4n) is 3.54. The Labute approximate surface area is 195 Å². The summed E-state index contributed by atoms with van der Waals surface area (Å²) < 4.78 is 49.5. The van der Waals surface area contributed by atoms with E-state index < -0.39 is 11.7 Å². The second kappa shape index (κ2) is 10.5. The zero-order valence-electron chi connectivity index (χ0n) is 18.4. The van der Waals surface area contributed by atoms with E-state index in [-0.39, 0.29) is 12.5 Å². The van der Waals surface area contributed by atoms with Crippen molar-refractivity contribution in [1.29, 1.82) is 0 Å². The maximum atomic E-state index is 12.7. The van der Waals surface area contributed by atoms with Crippen LogP contribution in [-0.2, 0) is 17.6 Å². The van der Waals surface area contributed by atoms with Crippen LogP contribution in [0.15, 0.2) is 72.9 Å². The summed E-state index contributed by atoms with van der Waals surface area (Å²) in [4.78, 5) is 20.0. The van der Waals surface area contributed by atoms with Gasteiger partial charge in [0.25, 0.3) is 5.91 Å². The van der Waals surface area contributed by atoms with Crippen LogP contribution in [0.1, 0.15) is 11.1 Å². The summed E-state index contributed by atoms with van der Waals surface area (Å²) in [5.41, 5.74) is 0.292. The van der Waals surface area contributed by atoms with Gasteiger partial charge in [-0.25, -0.2) is 4.98 Å². The number of halogens is 3. The van der Waals surface area contributed by atoms with Gasteiger partial charge in [0.15, 0.2) is 6.61 Å². The van der Waals surface area contributed by atoms with Crippen molar-refractivity contribution in [3.8, 4) is 11.5 Å². The zero-order valence-corrected chi connectivity index (χ0v) is 18.4. The molecule has 9 heteroatoms. The second-order valence-electron chi connectivity index (χ2n) is 7.81. The molecule has 0 aliphatic carbocycles. The van der Waals surface area contributed by atoms with E-state index >= 15 is 0 Å². The number of ether oxygens (including phenoxy) is 2. The standard InChI is InChI=1S/C25H24F3N3O3/c26-25(27,28)20-6-11-23(29-16-20)30-12-14-31(15-13-30)24(32)18-34-22-9-7-21(8-10-22)33-17-19-4-2-1-3-5-19/h1-11,16H,12-15,17-18H2. The molecule has 1 aliphatic heterocycles. The Morgan fingerprint density at radius 1 is 0.853 bits per heavy atom. The molecule has 0 saturated carbocycles. The van der Waals surface area contributed by atoms with Crippen molar-refractivity contribution < 1.29 is 27.4 Å². The molecule has 0 N–H and O–H groups in total. The van der Waals surface area contributed by atoms with Gasteiger partial charge in [-0.1, -0.05) is 30.3 Å². The van der Waals surface area contributed by atoms with Gasteiger partial charge < -0.3 is 19.3 Å². The van der Waals surface area contributed by atoms with Crippen molar-refractivity contribution in [2.75, 3.05) is 37.7 Å². The van der Waals surface area contributed by atoms with Crippen molar-refractivity contribution in [3.05, 3.63) is 84.1 Å². The fourth-order valence-corrected chi connectivity index (χ4v) is 3.54. The molecule has 1 amide bonds. The number of carbonyl (C=O) groups is 1. The largest absolute Gasteiger partial charge is 0.489 e. The van der Waals surface area contributed by atoms with E-state index in [0.29, 0.717) is 50.1 Å². The van der Waals surface area contributed by atoms with Gasteiger partial charge in [0, 0.05) is 32.4 Å². The lowest BCUT2D eigenvalue weighted by atomic mass is 10.2. The van der Waals surface area contributed by atoms with Gasteiger partial charge >= 0.3 is 6.18 Å². The number of alkyl halides is 3. The minimum Gasteiger partial charge on any atom is -0.489 e. The van der Waals surface area contributed by atoms with E-state index in [0.717, 1.165) is 17.8 Å². The third-order valence-electron chi connectivity index (χ3n) is 5.47. The summed E-state index contributed by atoms with van der Waals surface area (Å²) in [6, 6.07) is 19.3. The van der Waals surface area contributed by atoms with Crippen LogP contribution in [0.3, 0.4) is 0 Å². The van der Waals surface area contributed by atoms with Crippen molar-refractivity contribution in [1.82, 2.24) is 9.88 Å². The third-order valence-corrected chi connectivity index (χ3v) is 5.47. The van der Waals surface area contributed by atoms with Gasteiger partial charge in [-0.15, -0.1) is 0 Å². The number of pyridine rings is 1. The van der Waals surface area contributed by atoms with E-state index in [2.05, 4.69) is 4.98 Å². The summed E-state index contributed by atoms with van der Waals surface area (Å²) in [7, 11) is 0. The van der Waals surface area contributed by atoms with Gasteiger partial charge in [0.05, 0.1) is 5.56 Å². The number of carbonyl (C=O) groups excluding carboxylic acids is 1. The molecule has 6 nitrogen and oxygen atoms in total. The maximum Gasteiger partial charge on any atom is 0.417 e. The van der Waals surface area contributed by atoms with Crippen LogP contribution in [0.25, 0.3) is 0 Å². The topological polar surface area (TPSA) is 54.9 Å². The van der Waals surface area contributed by atoms with Gasteiger partial charge in [0.2, 0.25) is 0 Å². The first-order valence-corrected chi connectivity index (χ1v) is 10.8. The van der Waals surface area contributed by atoms with Gasteiger partial charge in [-0.2, -0.15) is 13.2 Å². The predicted molar refractivity (Wildman–Crippen MR) is 121 cm³/mol. The molecule has 2 aromatic carbocycles. The van der Waals surface area contributed by atoms with Crippen LogP contribution >= 0.6 is 0 Å². The highest BCUT2D eigenvalue weighted by molar-refractivity contribution is 5.78. The Morgan fingerprint density at radius 2 is 1.50 bits per heavy atom. The molecule has 1 fully saturated rings. The van der Waals surface area contributed by atoms with Crippen molar-refractivity contribution >= 4 is 11.7 Å². The molecule has 4 rings (SSSR count). The third kappa shape index (κ3) is 6.18. The van der Waals surface area contributed by atoms with Crippen molar-refractivity contribution in [3.63, 3.8) is 0 Å². The number of piperazine rings is 1. The molecule has 178 valence electrons. The number of benzene rings is 2. The number of rotatable bonds is 7. The average molecular weight is 471 g/mol. The molecular formula is C25H24F3N3O3. The highest BCUT2D eigenvalue weighted by Crippen LogP contribution is 2.29. The number of hydrogen-bond acceptors (Lipinski definition) is 5. The summed E-state index contributed by atoms with van der Waals surface area (Å²) in [6.07, 6.45) is -3.58. The molecular weight excluding hydrogens is 447 g/mol. The molecule has 1 aliphatic rings. The van der Waals surface area contributed by atoms with E-state index in [1.165, 1.54) is 6.07 Å². The number of nitrogens with zero attached hydrogens (tertiary/aromatic N) is 3. The Kier molecular flexibility index (Phi) is 7.20. The molecule has 34 heavy (non-hydrogen) atoms. The number of aromatic nitrogens is 1. The monoisotopic (exact) mass is 471 g/mol. The number of amides is 1. The van der Waals surface area contributed by atoms with Crippen LogP contribution in [0.2, 0.25) is 0 Å². The van der Waals surface area contributed by atoms with Crippen LogP contribution in [0.5, 0.6) is 11.5 Å². The molecule has 0 unspecified atom stereocenters. The lowest BCUT2D eigenvalue weighted by molar-refractivity contribution is -0.138. The first kappa shape index (κ1) is 23.4. The summed E-state index contributed by atoms with van der Waals surface area (Å²) in [5.74, 6) is 1.58. The lowest BCUT2D eigenvalue weighted by Crippen LogP contribution is -2.50. The highest BCUT2D eigenvalue weighted by Gasteiger charge is 2.31. The predicted octanol–water partition coefficient (Wildman–Crippen LogP) is 4.41. The zero-order chi connectivity index (χ0) is 24.0. The van der Waals surface area contributed by atoms with Crippen LogP contribution in [-0.4, -0.2) is 48.6 Å². The quantitative estimate of drug-likeness (QED) is 0.511. The maximum absolute atomic E-state index is 12.7. The number of hydrogen-bond donors (Lipinski definition) is 0. The Balaban J connectivity index is 1.20. The SMILES string of the molecule is O=C(COc1ccc(OCc2ccccc2)cc1)N1CCN(c2ccc(C(F)(F)F)cn2)CC1. The van der Waals surface area contributed by atoms with Crippen LogP contribution in [0, 0.1) is 0 Å². The van der Waals surface area contributed by atoms with E-state index in [1.54, 1.807) is 29.2 Å². The van der Waals surface area contributed by atoms with Gasteiger partial charge in [-0.3, -0.25) is 4.79 Å². The summed E-state index contributed by atoms with van der Waals surface area (Å²) in [6.45, 7) is 2.22. The Hall–Kier alpha value is -3.75. The summed E-state index contributed by atoms with van der Waals surface area (Å²) in [5, 5.41) is 0. The van der Waals surface area contributed by atoms with Crippen molar-refractivity contribution in [2.45, 2.75) is 12.8 Å². The molecule has 0 atom stereocenters. The van der Waals surface area contributed by atoms with Gasteiger partial charge in [-0.05, 0) is 42.0 Å². The Bertz CT molecular complexity index is 1070. The molecule has 0 radical (unpaired) electrons. The number of anilines is 1. The molecule has 0 spiro atoms. The van der Waals surface area contributed by atoms with Crippen molar-refractivity contribution in [2.24, 2.45) is 0 Å². The molecule has 0 bridgehead atoms. The second-order valence-corrected chi connectivity index (χ2v) is 7.81. The van der Waals surface area contributed by atoms with E-state index in [9.17, 15) is 18.0 Å². The summed E-state index contributed by atoms with van der Waals surface area (Å²) >= 11 is 0. The minimum absolute atomic E-state index is 0.0945. The highest BCUT2D eigenvalue weighted by atomic mass is 19.4. The van der Waals surface area contributed by atoms with Gasteiger partial charge in [0.1, 0.15) is 23.9 Å². The first-order valence-electron chi connectivity index (χ1n) is 10.8. The molecule has 1 saturated heterocycles.